The van der Waals surface area contributed by atoms with Gasteiger partial charge in [0, 0.05) is 5.69 Å². The fraction of sp³-hybridized carbons (Fsp3) is 0.0714. The molecule has 1 unspecified atom stereocenters. The molecule has 5 heteroatoms. The third-order valence-electron chi connectivity index (χ3n) is 2.62. The van der Waals surface area contributed by atoms with E-state index in [4.69, 9.17) is 22.6 Å². The standard InChI is InChI=1S/C14H11ClN2OS/c15-13-6-5-12(17)7-14(13)19(18)9-11-4-2-1-3-10(11)8-16/h1-7H,9,17H2. The monoisotopic (exact) mass is 290 g/mol. The minimum Gasteiger partial charge on any atom is -0.399 e. The molecule has 0 spiro atoms. The van der Waals surface area contributed by atoms with Gasteiger partial charge < -0.3 is 5.73 Å². The number of nitrogens with zero attached hydrogens (tertiary/aromatic N) is 1. The van der Waals surface area contributed by atoms with Crippen molar-refractivity contribution < 1.29 is 4.21 Å². The van der Waals surface area contributed by atoms with Crippen LogP contribution in [0.25, 0.3) is 0 Å². The van der Waals surface area contributed by atoms with E-state index in [-0.39, 0.29) is 5.75 Å². The summed E-state index contributed by atoms with van der Waals surface area (Å²) in [5, 5.41) is 9.42. The molecule has 2 aromatic carbocycles. The molecule has 0 saturated carbocycles. The van der Waals surface area contributed by atoms with Crippen molar-refractivity contribution in [1.29, 1.82) is 5.26 Å². The minimum atomic E-state index is -1.33. The zero-order valence-corrected chi connectivity index (χ0v) is 11.5. The van der Waals surface area contributed by atoms with E-state index in [0.717, 1.165) is 5.56 Å². The Balaban J connectivity index is 2.31. The van der Waals surface area contributed by atoms with E-state index in [1.54, 1.807) is 36.4 Å². The molecule has 0 aliphatic heterocycles. The first kappa shape index (κ1) is 13.6. The molecule has 0 fully saturated rings. The summed E-state index contributed by atoms with van der Waals surface area (Å²) in [7, 11) is -1.33. The Morgan fingerprint density at radius 2 is 2.00 bits per heavy atom. The number of hydrogen-bond donors (Lipinski definition) is 1. The second-order valence-corrected chi connectivity index (χ2v) is 5.78. The molecule has 0 bridgehead atoms. The molecule has 2 rings (SSSR count). The van der Waals surface area contributed by atoms with Crippen molar-refractivity contribution in [3.05, 3.63) is 58.6 Å². The number of halogens is 1. The lowest BCUT2D eigenvalue weighted by molar-refractivity contribution is 0.682. The van der Waals surface area contributed by atoms with Crippen LogP contribution in [0.1, 0.15) is 11.1 Å². The number of nitrogens with two attached hydrogens (primary N) is 1. The van der Waals surface area contributed by atoms with Gasteiger partial charge in [0.1, 0.15) is 0 Å². The molecule has 0 radical (unpaired) electrons. The van der Waals surface area contributed by atoms with Crippen molar-refractivity contribution in [3.63, 3.8) is 0 Å². The van der Waals surface area contributed by atoms with Crippen molar-refractivity contribution in [1.82, 2.24) is 0 Å². The lowest BCUT2D eigenvalue weighted by atomic mass is 10.1. The fourth-order valence-corrected chi connectivity index (χ4v) is 3.29. The lowest BCUT2D eigenvalue weighted by Gasteiger charge is -2.07. The van der Waals surface area contributed by atoms with Crippen LogP contribution in [0.2, 0.25) is 5.02 Å². The number of anilines is 1. The molecule has 19 heavy (non-hydrogen) atoms. The highest BCUT2D eigenvalue weighted by Gasteiger charge is 2.12. The molecule has 1 atom stereocenters. The molecule has 0 aliphatic carbocycles. The van der Waals surface area contributed by atoms with E-state index < -0.39 is 10.8 Å². The van der Waals surface area contributed by atoms with Crippen LogP contribution in [0.5, 0.6) is 0 Å². The molecular formula is C14H11ClN2OS. The smallest absolute Gasteiger partial charge is 0.0994 e. The van der Waals surface area contributed by atoms with Gasteiger partial charge in [0.2, 0.25) is 0 Å². The van der Waals surface area contributed by atoms with Crippen LogP contribution in [0.3, 0.4) is 0 Å². The molecular weight excluding hydrogens is 280 g/mol. The topological polar surface area (TPSA) is 66.9 Å². The number of nitriles is 1. The van der Waals surface area contributed by atoms with E-state index in [1.807, 2.05) is 6.07 Å². The third-order valence-corrected chi connectivity index (χ3v) is 4.47. The predicted octanol–water partition coefficient (Wildman–Crippen LogP) is 3.10. The first-order valence-electron chi connectivity index (χ1n) is 5.53. The third kappa shape index (κ3) is 3.14. The first-order chi connectivity index (χ1) is 9.11. The van der Waals surface area contributed by atoms with Gasteiger partial charge in [-0.2, -0.15) is 5.26 Å². The van der Waals surface area contributed by atoms with Crippen LogP contribution in [-0.4, -0.2) is 4.21 Å². The summed E-state index contributed by atoms with van der Waals surface area (Å²) in [6, 6.07) is 14.1. The van der Waals surface area contributed by atoms with Crippen molar-refractivity contribution in [2.24, 2.45) is 0 Å². The maximum absolute atomic E-state index is 12.3. The molecule has 0 heterocycles. The summed E-state index contributed by atoms with van der Waals surface area (Å²) in [6.45, 7) is 0. The fourth-order valence-electron chi connectivity index (χ4n) is 1.67. The van der Waals surface area contributed by atoms with Gasteiger partial charge in [-0.1, -0.05) is 29.8 Å². The van der Waals surface area contributed by atoms with Gasteiger partial charge in [-0.05, 0) is 29.8 Å². The highest BCUT2D eigenvalue weighted by Crippen LogP contribution is 2.24. The Kier molecular flexibility index (Phi) is 4.20. The summed E-state index contributed by atoms with van der Waals surface area (Å²) in [5.41, 5.74) is 7.45. The van der Waals surface area contributed by atoms with Crippen LogP contribution in [0.4, 0.5) is 5.69 Å². The molecule has 2 N–H and O–H groups in total. The summed E-state index contributed by atoms with van der Waals surface area (Å²) < 4.78 is 12.3. The normalized spacial score (nSPS) is 11.8. The summed E-state index contributed by atoms with van der Waals surface area (Å²) in [5.74, 6) is 0.243. The molecule has 3 nitrogen and oxygen atoms in total. The SMILES string of the molecule is N#Cc1ccccc1CS(=O)c1cc(N)ccc1Cl. The van der Waals surface area contributed by atoms with Gasteiger partial charge in [0.25, 0.3) is 0 Å². The molecule has 96 valence electrons. The maximum Gasteiger partial charge on any atom is 0.0994 e. The second-order valence-electron chi connectivity index (χ2n) is 3.95. The molecule has 2 aromatic rings. The Labute approximate surface area is 119 Å². The Bertz CT molecular complexity index is 679. The van der Waals surface area contributed by atoms with Crippen molar-refractivity contribution in [2.75, 3.05) is 5.73 Å². The van der Waals surface area contributed by atoms with Crippen LogP contribution < -0.4 is 5.73 Å². The van der Waals surface area contributed by atoms with Gasteiger partial charge in [0.05, 0.1) is 38.1 Å². The number of rotatable bonds is 3. The Hall–Kier alpha value is -1.83. The van der Waals surface area contributed by atoms with Gasteiger partial charge in [-0.3, -0.25) is 4.21 Å². The van der Waals surface area contributed by atoms with Crippen LogP contribution in [0.15, 0.2) is 47.4 Å². The van der Waals surface area contributed by atoms with Gasteiger partial charge in [-0.25, -0.2) is 0 Å². The van der Waals surface area contributed by atoms with E-state index in [1.165, 1.54) is 0 Å². The average Bonchev–Trinajstić information content (AvgIpc) is 2.42. The van der Waals surface area contributed by atoms with Gasteiger partial charge in [0.15, 0.2) is 0 Å². The molecule has 0 saturated heterocycles. The average molecular weight is 291 g/mol. The van der Waals surface area contributed by atoms with Gasteiger partial charge in [-0.15, -0.1) is 0 Å². The Morgan fingerprint density at radius 3 is 2.74 bits per heavy atom. The number of hydrogen-bond acceptors (Lipinski definition) is 3. The lowest BCUT2D eigenvalue weighted by Crippen LogP contribution is -2.00. The van der Waals surface area contributed by atoms with Crippen LogP contribution in [0, 0.1) is 11.3 Å². The zero-order valence-electron chi connectivity index (χ0n) is 9.97. The quantitative estimate of drug-likeness (QED) is 0.883. The summed E-state index contributed by atoms with van der Waals surface area (Å²) in [6.07, 6.45) is 0. The van der Waals surface area contributed by atoms with Gasteiger partial charge >= 0.3 is 0 Å². The summed E-state index contributed by atoms with van der Waals surface area (Å²) >= 11 is 6.02. The van der Waals surface area contributed by atoms with Crippen LogP contribution >= 0.6 is 11.6 Å². The van der Waals surface area contributed by atoms with Crippen LogP contribution in [-0.2, 0) is 16.6 Å². The number of benzene rings is 2. The highest BCUT2D eigenvalue weighted by molar-refractivity contribution is 7.84. The van der Waals surface area contributed by atoms with Crippen molar-refractivity contribution in [3.8, 4) is 6.07 Å². The maximum atomic E-state index is 12.3. The van der Waals surface area contributed by atoms with E-state index in [0.29, 0.717) is 21.2 Å². The molecule has 0 amide bonds. The first-order valence-corrected chi connectivity index (χ1v) is 7.23. The Morgan fingerprint density at radius 1 is 1.26 bits per heavy atom. The minimum absolute atomic E-state index is 0.243. The number of nitrogen functional groups attached to an aromatic ring is 1. The second kappa shape index (κ2) is 5.87. The van der Waals surface area contributed by atoms with E-state index in [9.17, 15) is 4.21 Å². The zero-order chi connectivity index (χ0) is 13.8. The van der Waals surface area contributed by atoms with E-state index >= 15 is 0 Å². The molecule has 0 aliphatic rings. The molecule has 0 aromatic heterocycles. The van der Waals surface area contributed by atoms with E-state index in [2.05, 4.69) is 6.07 Å². The summed E-state index contributed by atoms with van der Waals surface area (Å²) in [4.78, 5) is 0.495. The van der Waals surface area contributed by atoms with Crippen molar-refractivity contribution >= 4 is 28.1 Å². The largest absolute Gasteiger partial charge is 0.399 e. The predicted molar refractivity (Wildman–Crippen MR) is 77.1 cm³/mol. The van der Waals surface area contributed by atoms with Crippen molar-refractivity contribution in [2.45, 2.75) is 10.6 Å². The highest BCUT2D eigenvalue weighted by atomic mass is 35.5.